The Morgan fingerprint density at radius 2 is 1.73 bits per heavy atom. The van der Waals surface area contributed by atoms with Crippen molar-refractivity contribution in [1.29, 1.82) is 0 Å². The number of rotatable bonds is 5. The number of amides is 1. The molecule has 7 heteroatoms. The lowest BCUT2D eigenvalue weighted by Gasteiger charge is -2.29. The lowest BCUT2D eigenvalue weighted by Crippen LogP contribution is -2.39. The van der Waals surface area contributed by atoms with Crippen LogP contribution in [-0.4, -0.2) is 23.2 Å². The number of hydrogen-bond acceptors (Lipinski definition) is 4. The van der Waals surface area contributed by atoms with Crippen LogP contribution in [0.4, 0.5) is 8.78 Å². The van der Waals surface area contributed by atoms with Gasteiger partial charge in [-0.15, -0.1) is 0 Å². The fourth-order valence-electron chi connectivity index (χ4n) is 3.34. The topological polar surface area (TPSA) is 64.4 Å². The maximum Gasteiger partial charge on any atom is 0.290 e. The normalized spacial score (nSPS) is 22.8. The van der Waals surface area contributed by atoms with E-state index in [0.717, 1.165) is 37.4 Å². The first-order valence-electron chi connectivity index (χ1n) is 8.97. The molecule has 138 valence electrons. The number of nitrogens with zero attached hydrogens (tertiary/aromatic N) is 1. The van der Waals surface area contributed by atoms with Crippen LogP contribution >= 0.6 is 0 Å². The zero-order chi connectivity index (χ0) is 18.1. The Bertz CT molecular complexity index is 776. The Morgan fingerprint density at radius 3 is 2.38 bits per heavy atom. The molecule has 0 saturated heterocycles. The molecule has 0 unspecified atom stereocenters. The van der Waals surface area contributed by atoms with Gasteiger partial charge in [0, 0.05) is 36.2 Å². The summed E-state index contributed by atoms with van der Waals surface area (Å²) in [6, 6.07) is 4.93. The van der Waals surface area contributed by atoms with Gasteiger partial charge in [-0.3, -0.25) is 4.79 Å². The largest absolute Gasteiger partial charge is 0.490 e. The first-order valence-corrected chi connectivity index (χ1v) is 8.97. The maximum atomic E-state index is 13.2. The molecule has 2 aliphatic rings. The molecular formula is C19H20F2N2O3. The van der Waals surface area contributed by atoms with Crippen LogP contribution in [0.15, 0.2) is 28.8 Å². The SMILES string of the molecule is O=C(NC1CCC(Oc2cc(F)cc(F)c2)CC1)c1cc(C2CC2)no1. The van der Waals surface area contributed by atoms with Gasteiger partial charge < -0.3 is 14.6 Å². The molecular weight excluding hydrogens is 342 g/mol. The van der Waals surface area contributed by atoms with E-state index in [-0.39, 0.29) is 29.6 Å². The van der Waals surface area contributed by atoms with Gasteiger partial charge in [0.15, 0.2) is 0 Å². The minimum atomic E-state index is -0.654. The second kappa shape index (κ2) is 7.05. The van der Waals surface area contributed by atoms with E-state index in [4.69, 9.17) is 9.26 Å². The molecule has 2 fully saturated rings. The molecule has 0 bridgehead atoms. The van der Waals surface area contributed by atoms with Crippen LogP contribution in [-0.2, 0) is 0 Å². The van der Waals surface area contributed by atoms with E-state index in [1.54, 1.807) is 6.07 Å². The summed E-state index contributed by atoms with van der Waals surface area (Å²) in [4.78, 5) is 12.3. The van der Waals surface area contributed by atoms with Gasteiger partial charge >= 0.3 is 0 Å². The second-order valence-electron chi connectivity index (χ2n) is 7.06. The summed E-state index contributed by atoms with van der Waals surface area (Å²) in [5, 5.41) is 6.91. The number of carbonyl (C=O) groups excluding carboxylic acids is 1. The number of halogens is 2. The number of nitrogens with one attached hydrogen (secondary N) is 1. The van der Waals surface area contributed by atoms with Crippen LogP contribution in [0.25, 0.3) is 0 Å². The Hall–Kier alpha value is -2.44. The van der Waals surface area contributed by atoms with E-state index >= 15 is 0 Å². The number of hydrogen-bond donors (Lipinski definition) is 1. The monoisotopic (exact) mass is 362 g/mol. The first-order chi connectivity index (χ1) is 12.6. The van der Waals surface area contributed by atoms with Crippen molar-refractivity contribution in [2.75, 3.05) is 0 Å². The fraction of sp³-hybridized carbons (Fsp3) is 0.474. The van der Waals surface area contributed by atoms with E-state index in [0.29, 0.717) is 18.8 Å². The summed E-state index contributed by atoms with van der Waals surface area (Å²) < 4.78 is 37.3. The number of ether oxygens (including phenoxy) is 1. The summed E-state index contributed by atoms with van der Waals surface area (Å²) in [6.45, 7) is 0. The molecule has 5 nitrogen and oxygen atoms in total. The van der Waals surface area contributed by atoms with Crippen molar-refractivity contribution >= 4 is 5.91 Å². The molecule has 2 aromatic rings. The van der Waals surface area contributed by atoms with Crippen LogP contribution in [0.5, 0.6) is 5.75 Å². The van der Waals surface area contributed by atoms with E-state index in [1.165, 1.54) is 12.1 Å². The summed E-state index contributed by atoms with van der Waals surface area (Å²) in [6.07, 6.45) is 4.96. The molecule has 2 saturated carbocycles. The Kier molecular flexibility index (Phi) is 4.61. The van der Waals surface area contributed by atoms with Gasteiger partial charge in [0.25, 0.3) is 5.91 Å². The van der Waals surface area contributed by atoms with E-state index in [1.807, 2.05) is 0 Å². The highest BCUT2D eigenvalue weighted by Crippen LogP contribution is 2.39. The summed E-state index contributed by atoms with van der Waals surface area (Å²) in [5.41, 5.74) is 0.856. The Morgan fingerprint density at radius 1 is 1.04 bits per heavy atom. The predicted octanol–water partition coefficient (Wildman–Crippen LogP) is 3.95. The highest BCUT2D eigenvalue weighted by atomic mass is 19.1. The molecule has 2 aliphatic carbocycles. The molecule has 0 aliphatic heterocycles. The Balaban J connectivity index is 1.27. The van der Waals surface area contributed by atoms with Crippen LogP contribution in [0.1, 0.15) is 60.7 Å². The van der Waals surface area contributed by atoms with Gasteiger partial charge in [-0.05, 0) is 38.5 Å². The predicted molar refractivity (Wildman–Crippen MR) is 89.0 cm³/mol. The molecule has 26 heavy (non-hydrogen) atoms. The van der Waals surface area contributed by atoms with E-state index in [2.05, 4.69) is 10.5 Å². The molecule has 1 aromatic heterocycles. The van der Waals surface area contributed by atoms with Gasteiger partial charge in [-0.1, -0.05) is 5.16 Å². The average Bonchev–Trinajstić information content (AvgIpc) is 3.32. The molecule has 0 radical (unpaired) electrons. The third-order valence-corrected chi connectivity index (χ3v) is 4.90. The van der Waals surface area contributed by atoms with Crippen molar-refractivity contribution in [3.8, 4) is 5.75 Å². The number of carbonyl (C=O) groups is 1. The second-order valence-corrected chi connectivity index (χ2v) is 7.06. The smallest absolute Gasteiger partial charge is 0.290 e. The lowest BCUT2D eigenvalue weighted by molar-refractivity contribution is 0.0857. The number of aromatic nitrogens is 1. The van der Waals surface area contributed by atoms with Crippen molar-refractivity contribution < 1.29 is 22.8 Å². The number of benzene rings is 1. The van der Waals surface area contributed by atoms with Crippen LogP contribution in [0.2, 0.25) is 0 Å². The quantitative estimate of drug-likeness (QED) is 0.875. The average molecular weight is 362 g/mol. The highest BCUT2D eigenvalue weighted by molar-refractivity contribution is 5.91. The summed E-state index contributed by atoms with van der Waals surface area (Å²) in [7, 11) is 0. The van der Waals surface area contributed by atoms with Gasteiger partial charge in [0.2, 0.25) is 5.76 Å². The maximum absolute atomic E-state index is 13.2. The van der Waals surface area contributed by atoms with Crippen LogP contribution in [0, 0.1) is 11.6 Å². The molecule has 0 atom stereocenters. The summed E-state index contributed by atoms with van der Waals surface area (Å²) >= 11 is 0. The zero-order valence-electron chi connectivity index (χ0n) is 14.2. The zero-order valence-corrected chi connectivity index (χ0v) is 14.2. The third-order valence-electron chi connectivity index (χ3n) is 4.90. The van der Waals surface area contributed by atoms with Crippen molar-refractivity contribution in [3.63, 3.8) is 0 Å². The Labute approximate surface area is 149 Å². The van der Waals surface area contributed by atoms with Gasteiger partial charge in [0.1, 0.15) is 17.4 Å². The molecule has 1 N–H and O–H groups in total. The summed E-state index contributed by atoms with van der Waals surface area (Å²) in [5.74, 6) is -0.663. The van der Waals surface area contributed by atoms with Crippen molar-refractivity contribution in [2.24, 2.45) is 0 Å². The van der Waals surface area contributed by atoms with E-state index in [9.17, 15) is 13.6 Å². The standard InChI is InChI=1S/C19H20F2N2O3/c20-12-7-13(21)9-16(8-12)25-15-5-3-14(4-6-15)22-19(24)18-10-17(23-26-18)11-1-2-11/h7-11,14-15H,1-6H2,(H,22,24). The van der Waals surface area contributed by atoms with Crippen LogP contribution in [0.3, 0.4) is 0 Å². The highest BCUT2D eigenvalue weighted by Gasteiger charge is 2.29. The van der Waals surface area contributed by atoms with E-state index < -0.39 is 11.6 Å². The molecule has 1 amide bonds. The van der Waals surface area contributed by atoms with Crippen molar-refractivity contribution in [1.82, 2.24) is 10.5 Å². The van der Waals surface area contributed by atoms with Crippen LogP contribution < -0.4 is 10.1 Å². The lowest BCUT2D eigenvalue weighted by atomic mass is 9.93. The molecule has 4 rings (SSSR count). The molecule has 0 spiro atoms. The first kappa shape index (κ1) is 17.0. The molecule has 1 aromatic carbocycles. The third kappa shape index (κ3) is 4.03. The fourth-order valence-corrected chi connectivity index (χ4v) is 3.34. The van der Waals surface area contributed by atoms with Crippen molar-refractivity contribution in [3.05, 3.63) is 47.4 Å². The van der Waals surface area contributed by atoms with Gasteiger partial charge in [-0.2, -0.15) is 0 Å². The minimum absolute atomic E-state index is 0.0288. The molecule has 1 heterocycles. The van der Waals surface area contributed by atoms with Crippen molar-refractivity contribution in [2.45, 2.75) is 56.6 Å². The van der Waals surface area contributed by atoms with Gasteiger partial charge in [0.05, 0.1) is 11.8 Å². The minimum Gasteiger partial charge on any atom is -0.490 e. The van der Waals surface area contributed by atoms with Gasteiger partial charge in [-0.25, -0.2) is 8.78 Å².